The highest BCUT2D eigenvalue weighted by molar-refractivity contribution is 7.99. The molecule has 2 aliphatic heterocycles. The van der Waals surface area contributed by atoms with Crippen molar-refractivity contribution in [3.8, 4) is 5.75 Å². The quantitative estimate of drug-likeness (QED) is 0.331. The number of benzene rings is 3. The molecule has 0 saturated carbocycles. The molecule has 2 atom stereocenters. The molecule has 0 bridgehead atoms. The minimum Gasteiger partial charge on any atom is -0.497 e. The maximum atomic E-state index is 13.6. The topological polar surface area (TPSA) is 102 Å². The summed E-state index contributed by atoms with van der Waals surface area (Å²) in [5.41, 5.74) is 2.53. The molecule has 1 aromatic heterocycles. The van der Waals surface area contributed by atoms with Crippen LogP contribution < -0.4 is 10.4 Å². The zero-order chi connectivity index (χ0) is 26.8. The van der Waals surface area contributed by atoms with Crippen molar-refractivity contribution in [2.75, 3.05) is 19.5 Å². The first kappa shape index (κ1) is 25.4. The maximum absolute atomic E-state index is 13.6. The molecule has 4 aromatic rings. The number of methoxy groups -OCH3 is 1. The van der Waals surface area contributed by atoms with E-state index in [4.69, 9.17) is 14.6 Å². The van der Waals surface area contributed by atoms with Gasteiger partial charge >= 0.3 is 5.69 Å². The molecule has 0 radical (unpaired) electrons. The lowest BCUT2D eigenvalue weighted by atomic mass is 9.97. The van der Waals surface area contributed by atoms with E-state index in [2.05, 4.69) is 40.5 Å². The van der Waals surface area contributed by atoms with Crippen LogP contribution in [0.2, 0.25) is 0 Å². The second-order valence-electron chi connectivity index (χ2n) is 9.69. The monoisotopic (exact) mass is 543 g/mol. The van der Waals surface area contributed by atoms with Gasteiger partial charge in [-0.2, -0.15) is 5.10 Å². The van der Waals surface area contributed by atoms with Crippen LogP contribution in [0, 0.1) is 0 Å². The molecule has 200 valence electrons. The van der Waals surface area contributed by atoms with Gasteiger partial charge in [0, 0.05) is 13.0 Å². The highest BCUT2D eigenvalue weighted by Gasteiger charge is 2.33. The number of fused-ring (bicyclic) bond motifs is 1. The SMILES string of the molecule is COc1ccc([C@@H]2CC(c3ccc4ccccc4c3)=NN2C(=O)CSc2n[nH]c(=O)n2C[C@H]2CCCO2)cc1. The van der Waals surface area contributed by atoms with Crippen molar-refractivity contribution in [2.24, 2.45) is 5.10 Å². The number of hydrogen-bond acceptors (Lipinski definition) is 7. The Morgan fingerprint density at radius 1 is 1.13 bits per heavy atom. The highest BCUT2D eigenvalue weighted by atomic mass is 32.2. The van der Waals surface area contributed by atoms with Crippen LogP contribution in [-0.4, -0.2) is 57.0 Å². The molecule has 1 N–H and O–H groups in total. The summed E-state index contributed by atoms with van der Waals surface area (Å²) in [5.74, 6) is 0.691. The Balaban J connectivity index is 1.25. The van der Waals surface area contributed by atoms with Crippen molar-refractivity contribution < 1.29 is 14.3 Å². The molecule has 39 heavy (non-hydrogen) atoms. The van der Waals surface area contributed by atoms with Crippen molar-refractivity contribution in [3.05, 3.63) is 88.3 Å². The molecule has 10 heteroatoms. The molecule has 0 unspecified atom stereocenters. The Morgan fingerprint density at radius 3 is 2.72 bits per heavy atom. The van der Waals surface area contributed by atoms with Crippen LogP contribution in [0.1, 0.15) is 36.4 Å². The minimum absolute atomic E-state index is 0.0116. The van der Waals surface area contributed by atoms with Crippen LogP contribution in [0.4, 0.5) is 0 Å². The summed E-state index contributed by atoms with van der Waals surface area (Å²) in [4.78, 5) is 26.0. The van der Waals surface area contributed by atoms with Crippen LogP contribution in [0.25, 0.3) is 10.8 Å². The average molecular weight is 544 g/mol. The predicted octanol–water partition coefficient (Wildman–Crippen LogP) is 4.38. The van der Waals surface area contributed by atoms with Gasteiger partial charge < -0.3 is 9.47 Å². The summed E-state index contributed by atoms with van der Waals surface area (Å²) in [7, 11) is 1.63. The van der Waals surface area contributed by atoms with Crippen molar-refractivity contribution >= 4 is 34.2 Å². The number of ether oxygens (including phenoxy) is 2. The van der Waals surface area contributed by atoms with Crippen LogP contribution in [-0.2, 0) is 16.1 Å². The zero-order valence-electron chi connectivity index (χ0n) is 21.6. The molecular formula is C29H29N5O4S. The van der Waals surface area contributed by atoms with E-state index in [1.807, 2.05) is 36.4 Å². The third kappa shape index (κ3) is 5.35. The summed E-state index contributed by atoms with van der Waals surface area (Å²) >= 11 is 1.23. The fourth-order valence-electron chi connectivity index (χ4n) is 5.13. The second-order valence-corrected chi connectivity index (χ2v) is 10.6. The van der Waals surface area contributed by atoms with Crippen molar-refractivity contribution in [3.63, 3.8) is 0 Å². The lowest BCUT2D eigenvalue weighted by Gasteiger charge is -2.22. The molecule has 1 saturated heterocycles. The number of aromatic amines is 1. The van der Waals surface area contributed by atoms with Gasteiger partial charge in [0.05, 0.1) is 37.3 Å². The molecule has 1 fully saturated rings. The second kappa shape index (κ2) is 11.1. The number of aromatic nitrogens is 3. The lowest BCUT2D eigenvalue weighted by Crippen LogP contribution is -2.29. The van der Waals surface area contributed by atoms with Crippen molar-refractivity contribution in [1.29, 1.82) is 0 Å². The number of nitrogens with zero attached hydrogens (tertiary/aromatic N) is 4. The third-order valence-electron chi connectivity index (χ3n) is 7.21. The smallest absolute Gasteiger partial charge is 0.344 e. The predicted molar refractivity (Wildman–Crippen MR) is 150 cm³/mol. The van der Waals surface area contributed by atoms with Crippen molar-refractivity contribution in [1.82, 2.24) is 19.8 Å². The van der Waals surface area contributed by atoms with Gasteiger partial charge in [0.25, 0.3) is 5.91 Å². The van der Waals surface area contributed by atoms with E-state index < -0.39 is 0 Å². The standard InChI is InChI=1S/C29H29N5O4S/c1-37-23-12-10-20(11-13-23)26-16-25(22-9-8-19-5-2-3-6-21(19)15-22)32-34(26)27(35)18-39-29-31-30-28(36)33(29)17-24-7-4-14-38-24/h2-3,5-6,8-13,15,24,26H,4,7,14,16-18H2,1H3,(H,30,36)/t24-,26+/m1/s1. The number of carbonyl (C=O) groups is 1. The van der Waals surface area contributed by atoms with Crippen LogP contribution in [0.5, 0.6) is 5.75 Å². The van der Waals surface area contributed by atoms with E-state index in [0.717, 1.165) is 46.2 Å². The fourth-order valence-corrected chi connectivity index (χ4v) is 5.94. The third-order valence-corrected chi connectivity index (χ3v) is 8.17. The van der Waals surface area contributed by atoms with Crippen molar-refractivity contribution in [2.45, 2.75) is 43.1 Å². The van der Waals surface area contributed by atoms with Gasteiger partial charge in [-0.15, -0.1) is 5.10 Å². The average Bonchev–Trinajstić information content (AvgIpc) is 3.73. The first-order chi connectivity index (χ1) is 19.1. The van der Waals surface area contributed by atoms with E-state index in [9.17, 15) is 9.59 Å². The summed E-state index contributed by atoms with van der Waals surface area (Å²) in [6.07, 6.45) is 2.47. The van der Waals surface area contributed by atoms with E-state index >= 15 is 0 Å². The van der Waals surface area contributed by atoms with Gasteiger partial charge in [0.2, 0.25) is 0 Å². The summed E-state index contributed by atoms with van der Waals surface area (Å²) in [6, 6.07) is 22.0. The zero-order valence-corrected chi connectivity index (χ0v) is 22.4. The molecular weight excluding hydrogens is 514 g/mol. The number of carbonyl (C=O) groups excluding carboxylic acids is 1. The first-order valence-corrected chi connectivity index (χ1v) is 14.0. The Kier molecular flexibility index (Phi) is 7.21. The Hall–Kier alpha value is -3.89. The number of nitrogens with one attached hydrogen (secondary N) is 1. The number of rotatable bonds is 8. The molecule has 0 spiro atoms. The number of amides is 1. The van der Waals surface area contributed by atoms with Gasteiger partial charge in [-0.05, 0) is 52.9 Å². The summed E-state index contributed by atoms with van der Waals surface area (Å²) < 4.78 is 12.6. The Morgan fingerprint density at radius 2 is 1.95 bits per heavy atom. The molecule has 2 aliphatic rings. The lowest BCUT2D eigenvalue weighted by molar-refractivity contribution is -0.130. The summed E-state index contributed by atoms with van der Waals surface area (Å²) in [5, 5.41) is 15.8. The Labute approximate surface area is 229 Å². The van der Waals surface area contributed by atoms with Gasteiger partial charge in [-0.3, -0.25) is 9.36 Å². The van der Waals surface area contributed by atoms with Crippen LogP contribution in [0.3, 0.4) is 0 Å². The van der Waals surface area contributed by atoms with Crippen LogP contribution >= 0.6 is 11.8 Å². The molecule has 3 aromatic carbocycles. The maximum Gasteiger partial charge on any atom is 0.344 e. The first-order valence-electron chi connectivity index (χ1n) is 13.0. The van der Waals surface area contributed by atoms with Gasteiger partial charge in [-0.25, -0.2) is 14.9 Å². The number of hydrogen-bond donors (Lipinski definition) is 1. The molecule has 6 rings (SSSR count). The number of thioether (sulfide) groups is 1. The van der Waals surface area contributed by atoms with E-state index in [1.165, 1.54) is 11.8 Å². The summed E-state index contributed by atoms with van der Waals surface area (Å²) in [6.45, 7) is 1.13. The molecule has 1 amide bonds. The van der Waals surface area contributed by atoms with Gasteiger partial charge in [-0.1, -0.05) is 60.3 Å². The number of hydrazone groups is 1. The molecule has 9 nitrogen and oxygen atoms in total. The minimum atomic E-state index is -0.297. The number of H-pyrrole nitrogens is 1. The van der Waals surface area contributed by atoms with Gasteiger partial charge in [0.15, 0.2) is 5.16 Å². The van der Waals surface area contributed by atoms with E-state index in [0.29, 0.717) is 24.7 Å². The van der Waals surface area contributed by atoms with E-state index in [-0.39, 0.29) is 29.5 Å². The van der Waals surface area contributed by atoms with Crippen LogP contribution in [0.15, 0.2) is 81.8 Å². The normalized spacial score (nSPS) is 19.0. The van der Waals surface area contributed by atoms with Gasteiger partial charge in [0.1, 0.15) is 5.75 Å². The largest absolute Gasteiger partial charge is 0.497 e. The highest BCUT2D eigenvalue weighted by Crippen LogP contribution is 2.35. The Bertz CT molecular complexity index is 1570. The molecule has 0 aliphatic carbocycles. The van der Waals surface area contributed by atoms with E-state index in [1.54, 1.807) is 16.7 Å². The molecule has 3 heterocycles. The fraction of sp³-hybridized carbons (Fsp3) is 0.310.